The topological polar surface area (TPSA) is 58.5 Å². The van der Waals surface area contributed by atoms with E-state index in [4.69, 9.17) is 0 Å². The van der Waals surface area contributed by atoms with Crippen LogP contribution in [0.1, 0.15) is 23.1 Å². The van der Waals surface area contributed by atoms with E-state index in [1.54, 1.807) is 0 Å². The molecule has 1 atom stereocenters. The predicted molar refractivity (Wildman–Crippen MR) is 55.4 cm³/mol. The minimum Gasteiger partial charge on any atom is -0.332 e. The Morgan fingerprint density at radius 1 is 1.53 bits per heavy atom. The zero-order valence-corrected chi connectivity index (χ0v) is 8.57. The van der Waals surface area contributed by atoms with Crippen LogP contribution in [0.3, 0.4) is 0 Å². The van der Waals surface area contributed by atoms with Crippen molar-refractivity contribution >= 4 is 0 Å². The van der Waals surface area contributed by atoms with Crippen LogP contribution >= 0.6 is 0 Å². The van der Waals surface area contributed by atoms with Gasteiger partial charge in [0.15, 0.2) is 0 Å². The van der Waals surface area contributed by atoms with E-state index in [1.807, 2.05) is 19.4 Å². The first-order valence-corrected chi connectivity index (χ1v) is 5.10. The van der Waals surface area contributed by atoms with Gasteiger partial charge >= 0.3 is 0 Å². The van der Waals surface area contributed by atoms with E-state index in [1.165, 1.54) is 5.69 Å². The molecule has 0 fully saturated rings. The average Bonchev–Trinajstić information content (AvgIpc) is 2.84. The molecule has 3 rings (SSSR count). The Hall–Kier alpha value is -1.62. The second-order valence-electron chi connectivity index (χ2n) is 3.87. The summed E-state index contributed by atoms with van der Waals surface area (Å²) >= 11 is 0. The largest absolute Gasteiger partial charge is 0.332 e. The van der Waals surface area contributed by atoms with Gasteiger partial charge < -0.3 is 9.88 Å². The van der Waals surface area contributed by atoms with Gasteiger partial charge in [0.25, 0.3) is 0 Å². The van der Waals surface area contributed by atoms with Gasteiger partial charge in [-0.25, -0.2) is 4.98 Å². The quantitative estimate of drug-likeness (QED) is 0.713. The van der Waals surface area contributed by atoms with E-state index in [0.717, 1.165) is 24.5 Å². The van der Waals surface area contributed by atoms with Crippen molar-refractivity contribution in [2.45, 2.75) is 19.5 Å². The minimum absolute atomic E-state index is 0.172. The van der Waals surface area contributed by atoms with Gasteiger partial charge in [-0.05, 0) is 13.0 Å². The Kier molecular flexibility index (Phi) is 1.85. The first-order chi connectivity index (χ1) is 7.34. The summed E-state index contributed by atoms with van der Waals surface area (Å²) in [5.41, 5.74) is 3.31. The molecule has 0 amide bonds. The van der Waals surface area contributed by atoms with Crippen molar-refractivity contribution in [3.63, 3.8) is 0 Å². The van der Waals surface area contributed by atoms with E-state index in [0.29, 0.717) is 0 Å². The molecule has 0 radical (unpaired) electrons. The summed E-state index contributed by atoms with van der Waals surface area (Å²) in [4.78, 5) is 4.17. The summed E-state index contributed by atoms with van der Waals surface area (Å²) in [7, 11) is 0. The highest BCUT2D eigenvalue weighted by atomic mass is 15.2. The van der Waals surface area contributed by atoms with Crippen LogP contribution in [0.15, 0.2) is 18.6 Å². The van der Waals surface area contributed by atoms with Gasteiger partial charge in [0, 0.05) is 18.8 Å². The molecule has 0 saturated heterocycles. The Balaban J connectivity index is 2.02. The zero-order chi connectivity index (χ0) is 10.3. The number of imidazole rings is 1. The molecule has 0 spiro atoms. The van der Waals surface area contributed by atoms with Crippen molar-refractivity contribution in [1.29, 1.82) is 0 Å². The predicted octanol–water partition coefficient (Wildman–Crippen LogP) is 0.607. The molecular formula is C10H13N5. The molecule has 1 aliphatic heterocycles. The van der Waals surface area contributed by atoms with E-state index >= 15 is 0 Å². The molecule has 3 heterocycles. The van der Waals surface area contributed by atoms with Gasteiger partial charge in [-0.15, -0.1) is 0 Å². The van der Waals surface area contributed by atoms with Crippen LogP contribution in [0, 0.1) is 6.92 Å². The van der Waals surface area contributed by atoms with Crippen LogP contribution in [0.5, 0.6) is 0 Å². The smallest absolute Gasteiger partial charge is 0.0949 e. The first kappa shape index (κ1) is 8.67. The van der Waals surface area contributed by atoms with Gasteiger partial charge in [0.05, 0.1) is 30.0 Å². The third-order valence-electron chi connectivity index (χ3n) is 2.76. The summed E-state index contributed by atoms with van der Waals surface area (Å²) in [6.45, 7) is 3.95. The molecule has 15 heavy (non-hydrogen) atoms. The molecule has 0 aliphatic carbocycles. The number of aromatic nitrogens is 4. The van der Waals surface area contributed by atoms with Crippen LogP contribution in [0.2, 0.25) is 0 Å². The zero-order valence-electron chi connectivity index (χ0n) is 8.57. The maximum atomic E-state index is 4.29. The number of fused-ring (bicyclic) bond motifs is 1. The highest BCUT2D eigenvalue weighted by Gasteiger charge is 2.23. The summed E-state index contributed by atoms with van der Waals surface area (Å²) in [6.07, 6.45) is 3.78. The first-order valence-electron chi connectivity index (χ1n) is 5.10. The normalized spacial score (nSPS) is 20.2. The molecule has 78 valence electrons. The van der Waals surface area contributed by atoms with E-state index in [2.05, 4.69) is 31.1 Å². The fourth-order valence-corrected chi connectivity index (χ4v) is 2.04. The number of rotatable bonds is 1. The van der Waals surface area contributed by atoms with E-state index in [9.17, 15) is 0 Å². The van der Waals surface area contributed by atoms with Gasteiger partial charge in [-0.1, -0.05) is 0 Å². The van der Waals surface area contributed by atoms with Crippen molar-refractivity contribution in [2.75, 3.05) is 6.54 Å². The third-order valence-corrected chi connectivity index (χ3v) is 2.76. The van der Waals surface area contributed by atoms with Crippen LogP contribution in [-0.4, -0.2) is 26.3 Å². The van der Waals surface area contributed by atoms with Crippen LogP contribution in [0.4, 0.5) is 0 Å². The molecule has 0 bridgehead atoms. The Morgan fingerprint density at radius 3 is 3.27 bits per heavy atom. The lowest BCUT2D eigenvalue weighted by atomic mass is 10.1. The summed E-state index contributed by atoms with van der Waals surface area (Å²) in [6, 6.07) is 2.24. The van der Waals surface area contributed by atoms with Gasteiger partial charge in [-0.2, -0.15) is 5.10 Å². The summed E-state index contributed by atoms with van der Waals surface area (Å²) < 4.78 is 2.17. The number of nitrogens with one attached hydrogen (secondary N) is 2. The highest BCUT2D eigenvalue weighted by Crippen LogP contribution is 2.22. The van der Waals surface area contributed by atoms with Gasteiger partial charge in [0.2, 0.25) is 0 Å². The van der Waals surface area contributed by atoms with Crippen LogP contribution < -0.4 is 5.32 Å². The Morgan fingerprint density at radius 2 is 2.47 bits per heavy atom. The SMILES string of the molecule is Cc1cc(C2NCCn3cncc32)n[nH]1. The van der Waals surface area contributed by atoms with E-state index < -0.39 is 0 Å². The standard InChI is InChI=1S/C10H13N5/c1-7-4-8(14-13-7)10-9-5-11-6-15(9)3-2-12-10/h4-6,10,12H,2-3H2,1H3,(H,13,14). The Bertz CT molecular complexity index is 470. The monoisotopic (exact) mass is 203 g/mol. The van der Waals surface area contributed by atoms with Crippen molar-refractivity contribution in [1.82, 2.24) is 25.1 Å². The lowest BCUT2D eigenvalue weighted by molar-refractivity contribution is 0.460. The number of nitrogens with zero attached hydrogens (tertiary/aromatic N) is 3. The van der Waals surface area contributed by atoms with Crippen molar-refractivity contribution in [3.8, 4) is 0 Å². The minimum atomic E-state index is 0.172. The van der Waals surface area contributed by atoms with Crippen molar-refractivity contribution < 1.29 is 0 Å². The average molecular weight is 203 g/mol. The maximum absolute atomic E-state index is 4.29. The number of aryl methyl sites for hydroxylation is 1. The van der Waals surface area contributed by atoms with E-state index in [-0.39, 0.29) is 6.04 Å². The fraction of sp³-hybridized carbons (Fsp3) is 0.400. The molecule has 2 aromatic rings. The molecule has 0 saturated carbocycles. The summed E-state index contributed by atoms with van der Waals surface area (Å²) in [5, 5.41) is 10.7. The third kappa shape index (κ3) is 1.35. The molecule has 0 aromatic carbocycles. The molecule has 2 aromatic heterocycles. The number of hydrogen-bond acceptors (Lipinski definition) is 3. The second kappa shape index (κ2) is 3.20. The van der Waals surface area contributed by atoms with Crippen LogP contribution in [-0.2, 0) is 6.54 Å². The molecule has 1 aliphatic rings. The number of aromatic amines is 1. The molecule has 5 heteroatoms. The lowest BCUT2D eigenvalue weighted by Crippen LogP contribution is -2.33. The highest BCUT2D eigenvalue weighted by molar-refractivity contribution is 5.23. The number of hydrogen-bond donors (Lipinski definition) is 2. The number of H-pyrrole nitrogens is 1. The lowest BCUT2D eigenvalue weighted by Gasteiger charge is -2.23. The Labute approximate surface area is 87.5 Å². The fourth-order valence-electron chi connectivity index (χ4n) is 2.04. The molecule has 5 nitrogen and oxygen atoms in total. The molecule has 2 N–H and O–H groups in total. The van der Waals surface area contributed by atoms with Gasteiger partial charge in [0.1, 0.15) is 0 Å². The molecule has 1 unspecified atom stereocenters. The summed E-state index contributed by atoms with van der Waals surface area (Å²) in [5.74, 6) is 0. The van der Waals surface area contributed by atoms with Gasteiger partial charge in [-0.3, -0.25) is 5.10 Å². The maximum Gasteiger partial charge on any atom is 0.0949 e. The second-order valence-corrected chi connectivity index (χ2v) is 3.87. The molecular weight excluding hydrogens is 190 g/mol. The van der Waals surface area contributed by atoms with Crippen molar-refractivity contribution in [2.24, 2.45) is 0 Å². The van der Waals surface area contributed by atoms with Crippen molar-refractivity contribution in [3.05, 3.63) is 35.7 Å². The van der Waals surface area contributed by atoms with Crippen LogP contribution in [0.25, 0.3) is 0 Å².